The van der Waals surface area contributed by atoms with E-state index in [9.17, 15) is 18.0 Å². The van der Waals surface area contributed by atoms with Crippen LogP contribution in [0.3, 0.4) is 0 Å². The fourth-order valence-corrected chi connectivity index (χ4v) is 4.90. The van der Waals surface area contributed by atoms with E-state index in [1.54, 1.807) is 7.05 Å². The molecule has 11 heteroatoms. The van der Waals surface area contributed by atoms with Crippen LogP contribution < -0.4 is 16.0 Å². The third-order valence-electron chi connectivity index (χ3n) is 4.17. The molecular formula is C17H18N4O4S3. The zero-order chi connectivity index (χ0) is 20.6. The van der Waals surface area contributed by atoms with Gasteiger partial charge >= 0.3 is 0 Å². The molecule has 0 unspecified atom stereocenters. The van der Waals surface area contributed by atoms with Gasteiger partial charge in [0.25, 0.3) is 5.56 Å². The predicted octanol–water partition coefficient (Wildman–Crippen LogP) is 1.99. The van der Waals surface area contributed by atoms with Crippen molar-refractivity contribution < 1.29 is 13.2 Å². The molecular weight excluding hydrogens is 420 g/mol. The van der Waals surface area contributed by atoms with Crippen LogP contribution in [0, 0.1) is 13.8 Å². The van der Waals surface area contributed by atoms with Crippen molar-refractivity contribution in [3.8, 4) is 0 Å². The lowest BCUT2D eigenvalue weighted by molar-refractivity contribution is -0.113. The number of hydrogen-bond donors (Lipinski definition) is 2. The number of carbonyl (C=O) groups is 1. The van der Waals surface area contributed by atoms with Crippen molar-refractivity contribution in [3.05, 3.63) is 45.1 Å². The van der Waals surface area contributed by atoms with E-state index in [1.807, 2.05) is 13.8 Å². The first-order valence-electron chi connectivity index (χ1n) is 8.10. The number of aromatic nitrogens is 2. The van der Waals surface area contributed by atoms with E-state index in [4.69, 9.17) is 5.14 Å². The predicted molar refractivity (Wildman–Crippen MR) is 112 cm³/mol. The van der Waals surface area contributed by atoms with Crippen molar-refractivity contribution in [1.29, 1.82) is 0 Å². The summed E-state index contributed by atoms with van der Waals surface area (Å²) in [5, 5.41) is 8.79. The Labute approximate surface area is 169 Å². The quantitative estimate of drug-likeness (QED) is 0.464. The number of aryl methyl sites for hydroxylation is 2. The van der Waals surface area contributed by atoms with Gasteiger partial charge in [-0.15, -0.1) is 11.3 Å². The van der Waals surface area contributed by atoms with Gasteiger partial charge in [0.1, 0.15) is 4.83 Å². The highest BCUT2D eigenvalue weighted by Gasteiger charge is 2.16. The fraction of sp³-hybridized carbons (Fsp3) is 0.235. The molecule has 2 heterocycles. The number of anilines is 1. The minimum Gasteiger partial charge on any atom is -0.325 e. The molecule has 0 aliphatic carbocycles. The Morgan fingerprint density at radius 2 is 1.93 bits per heavy atom. The molecule has 0 fully saturated rings. The summed E-state index contributed by atoms with van der Waals surface area (Å²) in [4.78, 5) is 31.0. The first kappa shape index (κ1) is 20.5. The second-order valence-electron chi connectivity index (χ2n) is 6.13. The first-order chi connectivity index (χ1) is 13.1. The van der Waals surface area contributed by atoms with Crippen molar-refractivity contribution in [2.45, 2.75) is 23.9 Å². The maximum absolute atomic E-state index is 12.6. The largest absolute Gasteiger partial charge is 0.325 e. The molecule has 0 radical (unpaired) electrons. The molecule has 2 aromatic heterocycles. The lowest BCUT2D eigenvalue weighted by Gasteiger charge is -2.08. The van der Waals surface area contributed by atoms with Gasteiger partial charge in [0.15, 0.2) is 5.16 Å². The Morgan fingerprint density at radius 1 is 1.29 bits per heavy atom. The highest BCUT2D eigenvalue weighted by atomic mass is 32.2. The van der Waals surface area contributed by atoms with Crippen molar-refractivity contribution in [2.75, 3.05) is 11.1 Å². The highest BCUT2D eigenvalue weighted by molar-refractivity contribution is 7.99. The van der Waals surface area contributed by atoms with Crippen molar-refractivity contribution in [1.82, 2.24) is 9.55 Å². The number of nitrogens with two attached hydrogens (primary N) is 1. The van der Waals surface area contributed by atoms with Crippen LogP contribution in [0.25, 0.3) is 10.2 Å². The van der Waals surface area contributed by atoms with E-state index in [1.165, 1.54) is 40.2 Å². The molecule has 8 nitrogen and oxygen atoms in total. The zero-order valence-corrected chi connectivity index (χ0v) is 17.8. The number of thioether (sulfide) groups is 1. The van der Waals surface area contributed by atoms with Crippen LogP contribution in [0.1, 0.15) is 10.4 Å². The van der Waals surface area contributed by atoms with E-state index >= 15 is 0 Å². The number of sulfonamides is 1. The zero-order valence-electron chi connectivity index (χ0n) is 15.3. The van der Waals surface area contributed by atoms with Crippen LogP contribution in [-0.2, 0) is 21.9 Å². The van der Waals surface area contributed by atoms with Crippen molar-refractivity contribution in [2.24, 2.45) is 12.2 Å². The van der Waals surface area contributed by atoms with Gasteiger partial charge in [-0.1, -0.05) is 11.8 Å². The molecule has 0 bridgehead atoms. The van der Waals surface area contributed by atoms with Crippen molar-refractivity contribution in [3.63, 3.8) is 0 Å². The number of amides is 1. The molecule has 28 heavy (non-hydrogen) atoms. The van der Waals surface area contributed by atoms with Crippen LogP contribution in [0.4, 0.5) is 5.69 Å². The lowest BCUT2D eigenvalue weighted by atomic mass is 10.2. The fourth-order valence-electron chi connectivity index (χ4n) is 2.54. The SMILES string of the molecule is Cc1sc2nc(SCC(=O)Nc3ccc(S(N)(=O)=O)cc3)n(C)c(=O)c2c1C. The van der Waals surface area contributed by atoms with E-state index in [-0.39, 0.29) is 22.1 Å². The summed E-state index contributed by atoms with van der Waals surface area (Å²) in [7, 11) is -2.15. The second-order valence-corrected chi connectivity index (χ2v) is 9.84. The summed E-state index contributed by atoms with van der Waals surface area (Å²) in [6, 6.07) is 5.55. The van der Waals surface area contributed by atoms with Gasteiger partial charge in [0, 0.05) is 17.6 Å². The average molecular weight is 439 g/mol. The maximum atomic E-state index is 12.6. The molecule has 0 spiro atoms. The Balaban J connectivity index is 1.73. The summed E-state index contributed by atoms with van der Waals surface area (Å²) in [5.41, 5.74) is 1.25. The normalized spacial score (nSPS) is 11.7. The number of nitrogens with one attached hydrogen (secondary N) is 1. The number of benzene rings is 1. The summed E-state index contributed by atoms with van der Waals surface area (Å²) < 4.78 is 24.0. The topological polar surface area (TPSA) is 124 Å². The van der Waals surface area contributed by atoms with Gasteiger partial charge in [-0.2, -0.15) is 0 Å². The third kappa shape index (κ3) is 4.12. The van der Waals surface area contributed by atoms with Crippen LogP contribution in [0.15, 0.2) is 39.1 Å². The molecule has 3 rings (SSSR count). The number of primary sulfonamides is 1. The molecule has 0 atom stereocenters. The highest BCUT2D eigenvalue weighted by Crippen LogP contribution is 2.28. The Kier molecular flexibility index (Phi) is 5.62. The summed E-state index contributed by atoms with van der Waals surface area (Å²) in [5.74, 6) is -0.257. The molecule has 1 aromatic carbocycles. The van der Waals surface area contributed by atoms with Gasteiger partial charge in [-0.05, 0) is 43.7 Å². The van der Waals surface area contributed by atoms with E-state index in [2.05, 4.69) is 10.3 Å². The third-order valence-corrected chi connectivity index (χ3v) is 7.23. The van der Waals surface area contributed by atoms with Crippen LogP contribution in [0.5, 0.6) is 0 Å². The number of rotatable bonds is 5. The summed E-state index contributed by atoms with van der Waals surface area (Å²) >= 11 is 2.61. The average Bonchev–Trinajstić information content (AvgIpc) is 2.90. The van der Waals surface area contributed by atoms with E-state index < -0.39 is 10.0 Å². The monoisotopic (exact) mass is 438 g/mol. The van der Waals surface area contributed by atoms with Gasteiger partial charge in [-0.3, -0.25) is 14.2 Å². The summed E-state index contributed by atoms with van der Waals surface area (Å²) in [6.07, 6.45) is 0. The summed E-state index contributed by atoms with van der Waals surface area (Å²) in [6.45, 7) is 3.85. The van der Waals surface area contributed by atoms with E-state index in [0.717, 1.165) is 22.2 Å². The smallest absolute Gasteiger partial charge is 0.262 e. The number of nitrogens with zero attached hydrogens (tertiary/aromatic N) is 2. The molecule has 0 aliphatic heterocycles. The number of hydrogen-bond acceptors (Lipinski definition) is 7. The van der Waals surface area contributed by atoms with Gasteiger partial charge < -0.3 is 5.32 Å². The molecule has 1 amide bonds. The Bertz CT molecular complexity index is 1230. The minimum absolute atomic E-state index is 0.0334. The first-order valence-corrected chi connectivity index (χ1v) is 11.4. The Hall–Kier alpha value is -2.21. The number of fused-ring (bicyclic) bond motifs is 1. The molecule has 3 aromatic rings. The lowest BCUT2D eigenvalue weighted by Crippen LogP contribution is -2.21. The van der Waals surface area contributed by atoms with Crippen LogP contribution in [0.2, 0.25) is 0 Å². The molecule has 148 valence electrons. The minimum atomic E-state index is -3.78. The van der Waals surface area contributed by atoms with Crippen molar-refractivity contribution >= 4 is 54.9 Å². The van der Waals surface area contributed by atoms with Gasteiger partial charge in [0.05, 0.1) is 16.0 Å². The molecule has 3 N–H and O–H groups in total. The van der Waals surface area contributed by atoms with Gasteiger partial charge in [0.2, 0.25) is 15.9 Å². The number of carbonyl (C=O) groups excluding carboxylic acids is 1. The van der Waals surface area contributed by atoms with Gasteiger partial charge in [-0.25, -0.2) is 18.5 Å². The molecule has 0 saturated carbocycles. The Morgan fingerprint density at radius 3 is 2.54 bits per heavy atom. The van der Waals surface area contributed by atoms with Crippen LogP contribution >= 0.6 is 23.1 Å². The van der Waals surface area contributed by atoms with Crippen LogP contribution in [-0.4, -0.2) is 29.6 Å². The molecule has 0 saturated heterocycles. The maximum Gasteiger partial charge on any atom is 0.262 e. The molecule has 0 aliphatic rings. The number of thiophene rings is 1. The standard InChI is InChI=1S/C17H18N4O4S3/c1-9-10(2)27-15-14(9)16(23)21(3)17(20-15)26-8-13(22)19-11-4-6-12(7-5-11)28(18,24)25/h4-7H,8H2,1-3H3,(H,19,22)(H2,18,24,25). The second kappa shape index (κ2) is 7.66. The van der Waals surface area contributed by atoms with E-state index in [0.29, 0.717) is 21.1 Å².